The summed E-state index contributed by atoms with van der Waals surface area (Å²) in [6.45, 7) is 1.92. The summed E-state index contributed by atoms with van der Waals surface area (Å²) in [7, 11) is 0. The maximum absolute atomic E-state index is 11.8. The number of ketones is 1. The molecule has 2 aromatic rings. The topological polar surface area (TPSA) is 17.1 Å². The van der Waals surface area contributed by atoms with Crippen molar-refractivity contribution in [2.75, 3.05) is 0 Å². The van der Waals surface area contributed by atoms with Crippen LogP contribution in [0.25, 0.3) is 10.4 Å². The molecule has 1 aliphatic rings. The van der Waals surface area contributed by atoms with Gasteiger partial charge in [0.15, 0.2) is 5.78 Å². The zero-order valence-electron chi connectivity index (χ0n) is 11.2. The highest BCUT2D eigenvalue weighted by Crippen LogP contribution is 2.35. The van der Waals surface area contributed by atoms with Crippen molar-refractivity contribution < 1.29 is 4.79 Å². The number of thiophene rings is 1. The second-order valence-electron chi connectivity index (χ2n) is 5.09. The Morgan fingerprint density at radius 1 is 1.16 bits per heavy atom. The number of Topliss-reactive ketones (excluding diaryl/α,β-unsaturated/α-hetero) is 1. The lowest BCUT2D eigenvalue weighted by atomic mass is 9.88. The Kier molecular flexibility index (Phi) is 3.52. The van der Waals surface area contributed by atoms with Crippen LogP contribution >= 0.6 is 11.3 Å². The highest BCUT2D eigenvalue weighted by molar-refractivity contribution is 7.17. The molecule has 0 fully saturated rings. The fourth-order valence-corrected chi connectivity index (χ4v) is 3.89. The lowest BCUT2D eigenvalue weighted by Crippen LogP contribution is -2.03. The highest BCUT2D eigenvalue weighted by atomic mass is 32.1. The molecule has 0 unspecified atom stereocenters. The molecule has 3 rings (SSSR count). The van der Waals surface area contributed by atoms with E-state index < -0.39 is 0 Å². The average Bonchev–Trinajstić information content (AvgIpc) is 2.95. The zero-order chi connectivity index (χ0) is 13.2. The van der Waals surface area contributed by atoms with Gasteiger partial charge in [0.25, 0.3) is 0 Å². The van der Waals surface area contributed by atoms with Crippen LogP contribution in [0.3, 0.4) is 0 Å². The standard InChI is InChI=1S/C17H18OS/c1-2-15(18)17-11-10-16(19-17)14-9-5-7-12-6-3-4-8-13(12)14/h5,7,9-11H,2-4,6,8H2,1H3. The summed E-state index contributed by atoms with van der Waals surface area (Å²) < 4.78 is 0. The second kappa shape index (κ2) is 5.30. The van der Waals surface area contributed by atoms with E-state index in [0.717, 1.165) is 4.88 Å². The predicted octanol–water partition coefficient (Wildman–Crippen LogP) is 4.89. The van der Waals surface area contributed by atoms with Crippen LogP contribution in [0.15, 0.2) is 30.3 Å². The summed E-state index contributed by atoms with van der Waals surface area (Å²) in [5, 5.41) is 0. The molecular formula is C17H18OS. The Morgan fingerprint density at radius 2 is 2.00 bits per heavy atom. The van der Waals surface area contributed by atoms with Crippen LogP contribution in [0.1, 0.15) is 47.0 Å². The minimum atomic E-state index is 0.251. The van der Waals surface area contributed by atoms with E-state index >= 15 is 0 Å². The fourth-order valence-electron chi connectivity index (χ4n) is 2.82. The van der Waals surface area contributed by atoms with Crippen molar-refractivity contribution in [1.82, 2.24) is 0 Å². The molecule has 0 saturated heterocycles. The van der Waals surface area contributed by atoms with Crippen molar-refractivity contribution >= 4 is 17.1 Å². The lowest BCUT2D eigenvalue weighted by Gasteiger charge is -2.18. The normalized spacial score (nSPS) is 14.2. The van der Waals surface area contributed by atoms with Gasteiger partial charge in [0.2, 0.25) is 0 Å². The number of carbonyl (C=O) groups excluding carboxylic acids is 1. The molecule has 0 amide bonds. The van der Waals surface area contributed by atoms with E-state index in [1.54, 1.807) is 11.3 Å². The summed E-state index contributed by atoms with van der Waals surface area (Å²) in [5.74, 6) is 0.251. The maximum Gasteiger partial charge on any atom is 0.172 e. The van der Waals surface area contributed by atoms with E-state index in [2.05, 4.69) is 24.3 Å². The van der Waals surface area contributed by atoms with Gasteiger partial charge in [0.1, 0.15) is 0 Å². The van der Waals surface area contributed by atoms with E-state index in [9.17, 15) is 4.79 Å². The number of hydrogen-bond donors (Lipinski definition) is 0. The minimum absolute atomic E-state index is 0.251. The highest BCUT2D eigenvalue weighted by Gasteiger charge is 2.16. The van der Waals surface area contributed by atoms with Gasteiger partial charge < -0.3 is 0 Å². The molecule has 0 aliphatic heterocycles. The van der Waals surface area contributed by atoms with Gasteiger partial charge >= 0.3 is 0 Å². The predicted molar refractivity (Wildman–Crippen MR) is 81.0 cm³/mol. The molecular weight excluding hydrogens is 252 g/mol. The maximum atomic E-state index is 11.8. The van der Waals surface area contributed by atoms with Gasteiger partial charge in [-0.25, -0.2) is 0 Å². The Balaban J connectivity index is 2.02. The summed E-state index contributed by atoms with van der Waals surface area (Å²) in [5.41, 5.74) is 4.35. The molecule has 0 radical (unpaired) electrons. The molecule has 19 heavy (non-hydrogen) atoms. The number of fused-ring (bicyclic) bond motifs is 1. The quantitative estimate of drug-likeness (QED) is 0.726. The number of hydrogen-bond acceptors (Lipinski definition) is 2. The summed E-state index contributed by atoms with van der Waals surface area (Å²) in [6, 6.07) is 10.7. The van der Waals surface area contributed by atoms with E-state index in [1.807, 2.05) is 13.0 Å². The van der Waals surface area contributed by atoms with Gasteiger partial charge in [-0.3, -0.25) is 4.79 Å². The van der Waals surface area contributed by atoms with Gasteiger partial charge in [-0.05, 0) is 54.5 Å². The van der Waals surface area contributed by atoms with Gasteiger partial charge in [-0.2, -0.15) is 0 Å². The van der Waals surface area contributed by atoms with Gasteiger partial charge in [-0.1, -0.05) is 25.1 Å². The molecule has 1 aromatic heterocycles. The molecule has 1 aliphatic carbocycles. The monoisotopic (exact) mass is 270 g/mol. The summed E-state index contributed by atoms with van der Waals surface area (Å²) in [4.78, 5) is 13.9. The molecule has 1 heterocycles. The third-order valence-corrected chi connectivity index (χ3v) is 5.02. The van der Waals surface area contributed by atoms with Gasteiger partial charge in [-0.15, -0.1) is 11.3 Å². The Bertz CT molecular complexity index is 609. The first-order valence-corrected chi connectivity index (χ1v) is 7.85. The molecule has 0 bridgehead atoms. The molecule has 0 N–H and O–H groups in total. The lowest BCUT2D eigenvalue weighted by molar-refractivity contribution is 0.0992. The molecule has 98 valence electrons. The first-order valence-electron chi connectivity index (χ1n) is 7.03. The molecule has 0 saturated carbocycles. The van der Waals surface area contributed by atoms with E-state index in [4.69, 9.17) is 0 Å². The summed E-state index contributed by atoms with van der Waals surface area (Å²) in [6.07, 6.45) is 5.57. The Morgan fingerprint density at radius 3 is 2.84 bits per heavy atom. The van der Waals surface area contributed by atoms with Crippen LogP contribution in [0, 0.1) is 0 Å². The Labute approximate surface area is 118 Å². The van der Waals surface area contributed by atoms with Crippen molar-refractivity contribution in [2.45, 2.75) is 39.0 Å². The van der Waals surface area contributed by atoms with Crippen molar-refractivity contribution in [2.24, 2.45) is 0 Å². The SMILES string of the molecule is CCC(=O)c1ccc(-c2cccc3c2CCCC3)s1. The first kappa shape index (κ1) is 12.6. The van der Waals surface area contributed by atoms with Crippen molar-refractivity contribution in [1.29, 1.82) is 0 Å². The number of carbonyl (C=O) groups is 1. The number of benzene rings is 1. The van der Waals surface area contributed by atoms with Crippen LogP contribution in [0.5, 0.6) is 0 Å². The zero-order valence-corrected chi connectivity index (χ0v) is 12.1. The molecule has 0 spiro atoms. The largest absolute Gasteiger partial charge is 0.293 e. The second-order valence-corrected chi connectivity index (χ2v) is 6.17. The number of rotatable bonds is 3. The van der Waals surface area contributed by atoms with E-state index in [0.29, 0.717) is 6.42 Å². The van der Waals surface area contributed by atoms with Gasteiger partial charge in [0, 0.05) is 11.3 Å². The van der Waals surface area contributed by atoms with E-state index in [-0.39, 0.29) is 5.78 Å². The van der Waals surface area contributed by atoms with Crippen LogP contribution in [-0.2, 0) is 12.8 Å². The third-order valence-electron chi connectivity index (χ3n) is 3.86. The molecule has 1 aromatic carbocycles. The van der Waals surface area contributed by atoms with Gasteiger partial charge in [0.05, 0.1) is 4.88 Å². The van der Waals surface area contributed by atoms with Crippen LogP contribution in [0.2, 0.25) is 0 Å². The first-order chi connectivity index (χ1) is 9.29. The average molecular weight is 270 g/mol. The van der Waals surface area contributed by atoms with Crippen molar-refractivity contribution in [3.05, 3.63) is 46.3 Å². The van der Waals surface area contributed by atoms with Crippen LogP contribution < -0.4 is 0 Å². The van der Waals surface area contributed by atoms with Crippen LogP contribution in [0.4, 0.5) is 0 Å². The minimum Gasteiger partial charge on any atom is -0.293 e. The molecule has 1 nitrogen and oxygen atoms in total. The number of aryl methyl sites for hydroxylation is 1. The Hall–Kier alpha value is -1.41. The smallest absolute Gasteiger partial charge is 0.172 e. The third kappa shape index (κ3) is 2.37. The molecule has 2 heteroatoms. The molecule has 0 atom stereocenters. The van der Waals surface area contributed by atoms with Crippen molar-refractivity contribution in [3.8, 4) is 10.4 Å². The van der Waals surface area contributed by atoms with E-state index in [1.165, 1.54) is 47.3 Å². The van der Waals surface area contributed by atoms with Crippen LogP contribution in [-0.4, -0.2) is 5.78 Å². The fraction of sp³-hybridized carbons (Fsp3) is 0.353. The summed E-state index contributed by atoms with van der Waals surface area (Å²) >= 11 is 1.64. The van der Waals surface area contributed by atoms with Crippen molar-refractivity contribution in [3.63, 3.8) is 0 Å².